The van der Waals surface area contributed by atoms with E-state index in [4.69, 9.17) is 9.47 Å². The van der Waals surface area contributed by atoms with Crippen molar-refractivity contribution in [3.63, 3.8) is 0 Å². The van der Waals surface area contributed by atoms with Gasteiger partial charge in [0.2, 0.25) is 0 Å². The number of anilines is 2. The Bertz CT molecular complexity index is 849. The van der Waals surface area contributed by atoms with Crippen molar-refractivity contribution in [2.24, 2.45) is 0 Å². The normalized spacial score (nSPS) is 13.4. The molecular weight excluding hydrogens is 354 g/mol. The largest absolute Gasteiger partial charge is 0.497 e. The van der Waals surface area contributed by atoms with E-state index in [9.17, 15) is 4.79 Å². The first-order valence-corrected chi connectivity index (χ1v) is 9.61. The van der Waals surface area contributed by atoms with Crippen LogP contribution in [0.15, 0.2) is 48.2 Å². The van der Waals surface area contributed by atoms with Crippen LogP contribution in [0.1, 0.15) is 42.5 Å². The van der Waals surface area contributed by atoms with Crippen LogP contribution in [0.5, 0.6) is 11.5 Å². The molecule has 0 atom stereocenters. The van der Waals surface area contributed by atoms with Gasteiger partial charge in [-0.3, -0.25) is 4.79 Å². The van der Waals surface area contributed by atoms with E-state index in [-0.39, 0.29) is 5.91 Å². The van der Waals surface area contributed by atoms with Crippen molar-refractivity contribution in [1.82, 2.24) is 10.3 Å². The summed E-state index contributed by atoms with van der Waals surface area (Å²) in [5.41, 5.74) is 2.77. The maximum atomic E-state index is 12.5. The first kappa shape index (κ1) is 19.7. The number of nitrogens with zero attached hydrogens (tertiary/aromatic N) is 1. The van der Waals surface area contributed by atoms with Gasteiger partial charge < -0.3 is 20.1 Å². The minimum absolute atomic E-state index is 0.0939. The van der Waals surface area contributed by atoms with Crippen LogP contribution in [0.4, 0.5) is 11.5 Å². The van der Waals surface area contributed by atoms with Crippen molar-refractivity contribution < 1.29 is 14.3 Å². The molecule has 2 aromatic rings. The molecule has 148 valence electrons. The molecule has 0 aliphatic heterocycles. The van der Waals surface area contributed by atoms with E-state index in [2.05, 4.69) is 21.7 Å². The number of allylic oxidation sites excluding steroid dienone is 1. The number of hydrogen-bond donors (Lipinski definition) is 2. The Morgan fingerprint density at radius 1 is 1.14 bits per heavy atom. The van der Waals surface area contributed by atoms with E-state index in [1.165, 1.54) is 18.4 Å². The number of methoxy groups -OCH3 is 2. The summed E-state index contributed by atoms with van der Waals surface area (Å²) in [6.45, 7) is 0.655. The summed E-state index contributed by atoms with van der Waals surface area (Å²) in [7, 11) is 3.20. The van der Waals surface area contributed by atoms with Crippen molar-refractivity contribution in [1.29, 1.82) is 0 Å². The molecule has 1 heterocycles. The lowest BCUT2D eigenvalue weighted by Crippen LogP contribution is -2.25. The molecule has 0 spiro atoms. The van der Waals surface area contributed by atoms with Gasteiger partial charge in [0, 0.05) is 24.4 Å². The van der Waals surface area contributed by atoms with Crippen molar-refractivity contribution >= 4 is 17.4 Å². The summed E-state index contributed by atoms with van der Waals surface area (Å²) in [6, 6.07) is 8.93. The lowest BCUT2D eigenvalue weighted by molar-refractivity contribution is 0.0954. The van der Waals surface area contributed by atoms with Gasteiger partial charge in [-0.05, 0) is 56.4 Å². The number of carbonyl (C=O) groups excluding carboxylic acids is 1. The van der Waals surface area contributed by atoms with Crippen LogP contribution in [-0.2, 0) is 0 Å². The van der Waals surface area contributed by atoms with Crippen LogP contribution in [-0.4, -0.2) is 31.7 Å². The average molecular weight is 381 g/mol. The number of nitrogens with one attached hydrogen (secondary N) is 2. The third kappa shape index (κ3) is 5.25. The first-order valence-electron chi connectivity index (χ1n) is 9.61. The molecule has 2 N–H and O–H groups in total. The molecule has 1 amide bonds. The Hall–Kier alpha value is -3.02. The van der Waals surface area contributed by atoms with E-state index in [1.54, 1.807) is 38.6 Å². The zero-order valence-electron chi connectivity index (χ0n) is 16.5. The predicted molar refractivity (Wildman–Crippen MR) is 111 cm³/mol. The third-order valence-corrected chi connectivity index (χ3v) is 4.81. The molecule has 0 saturated heterocycles. The van der Waals surface area contributed by atoms with E-state index in [1.807, 2.05) is 12.1 Å². The van der Waals surface area contributed by atoms with Crippen LogP contribution in [0.2, 0.25) is 0 Å². The van der Waals surface area contributed by atoms with Gasteiger partial charge in [0.25, 0.3) is 5.91 Å². The topological polar surface area (TPSA) is 72.5 Å². The van der Waals surface area contributed by atoms with Gasteiger partial charge in [0.15, 0.2) is 0 Å². The number of hydrogen-bond acceptors (Lipinski definition) is 5. The molecular formula is C22H27N3O3. The van der Waals surface area contributed by atoms with Crippen molar-refractivity contribution in [2.75, 3.05) is 26.1 Å². The first-order chi connectivity index (χ1) is 13.7. The highest BCUT2D eigenvalue weighted by molar-refractivity contribution is 5.95. The lowest BCUT2D eigenvalue weighted by Gasteiger charge is -2.14. The molecule has 1 aromatic heterocycles. The molecule has 6 nitrogen and oxygen atoms in total. The maximum absolute atomic E-state index is 12.5. The van der Waals surface area contributed by atoms with Crippen molar-refractivity contribution in [2.45, 2.75) is 32.1 Å². The number of ether oxygens (including phenoxy) is 2. The number of pyridine rings is 1. The standard InChI is InChI=1S/C22H27N3O3/c1-27-18-8-9-19(20(15-18)28-2)25-21-14-17(11-13-23-21)22(26)24-12-10-16-6-4-3-5-7-16/h6,8-9,11,13-15H,3-5,7,10,12H2,1-2H3,(H,23,25)(H,24,26). The van der Waals surface area contributed by atoms with Crippen LogP contribution >= 0.6 is 0 Å². The number of aromatic nitrogens is 1. The van der Waals surface area contributed by atoms with Gasteiger partial charge in [-0.2, -0.15) is 0 Å². The summed E-state index contributed by atoms with van der Waals surface area (Å²) in [4.78, 5) is 16.8. The van der Waals surface area contributed by atoms with Crippen LogP contribution < -0.4 is 20.1 Å². The quantitative estimate of drug-likeness (QED) is 0.661. The number of rotatable bonds is 8. The molecule has 0 unspecified atom stereocenters. The number of benzene rings is 1. The summed E-state index contributed by atoms with van der Waals surface area (Å²) in [6.07, 6.45) is 9.71. The SMILES string of the molecule is COc1ccc(Nc2cc(C(=O)NCCC3=CCCCC3)ccn2)c(OC)c1. The summed E-state index contributed by atoms with van der Waals surface area (Å²) < 4.78 is 10.6. The van der Waals surface area contributed by atoms with Gasteiger partial charge in [-0.1, -0.05) is 11.6 Å². The Kier molecular flexibility index (Phi) is 6.89. The summed E-state index contributed by atoms with van der Waals surface area (Å²) in [5, 5.41) is 6.20. The molecule has 6 heteroatoms. The average Bonchev–Trinajstić information content (AvgIpc) is 2.75. The number of carbonyl (C=O) groups is 1. The summed E-state index contributed by atoms with van der Waals surface area (Å²) >= 11 is 0. The second-order valence-corrected chi connectivity index (χ2v) is 6.74. The second-order valence-electron chi connectivity index (χ2n) is 6.74. The molecule has 1 aliphatic carbocycles. The highest BCUT2D eigenvalue weighted by atomic mass is 16.5. The van der Waals surface area contributed by atoms with E-state index in [0.29, 0.717) is 29.4 Å². The highest BCUT2D eigenvalue weighted by Gasteiger charge is 2.10. The van der Waals surface area contributed by atoms with Gasteiger partial charge in [-0.15, -0.1) is 0 Å². The number of amides is 1. The summed E-state index contributed by atoms with van der Waals surface area (Å²) in [5.74, 6) is 1.82. The van der Waals surface area contributed by atoms with Gasteiger partial charge in [-0.25, -0.2) is 4.98 Å². The van der Waals surface area contributed by atoms with E-state index < -0.39 is 0 Å². The third-order valence-electron chi connectivity index (χ3n) is 4.81. The fraction of sp³-hybridized carbons (Fsp3) is 0.364. The lowest BCUT2D eigenvalue weighted by atomic mass is 9.97. The van der Waals surface area contributed by atoms with Gasteiger partial charge >= 0.3 is 0 Å². The smallest absolute Gasteiger partial charge is 0.251 e. The zero-order chi connectivity index (χ0) is 19.8. The Balaban J connectivity index is 1.61. The minimum atomic E-state index is -0.0939. The van der Waals surface area contributed by atoms with E-state index >= 15 is 0 Å². The molecule has 1 aliphatic rings. The molecule has 3 rings (SSSR count). The molecule has 0 saturated carbocycles. The minimum Gasteiger partial charge on any atom is -0.497 e. The van der Waals surface area contributed by atoms with Crippen LogP contribution in [0.3, 0.4) is 0 Å². The Morgan fingerprint density at radius 3 is 2.79 bits per heavy atom. The molecule has 1 aromatic carbocycles. The molecule has 0 fully saturated rings. The monoisotopic (exact) mass is 381 g/mol. The Labute approximate surface area is 166 Å². The van der Waals surface area contributed by atoms with E-state index in [0.717, 1.165) is 24.9 Å². The zero-order valence-corrected chi connectivity index (χ0v) is 16.5. The molecule has 28 heavy (non-hydrogen) atoms. The molecule has 0 bridgehead atoms. The second kappa shape index (κ2) is 9.78. The van der Waals surface area contributed by atoms with Crippen LogP contribution in [0.25, 0.3) is 0 Å². The molecule has 0 radical (unpaired) electrons. The highest BCUT2D eigenvalue weighted by Crippen LogP contribution is 2.31. The fourth-order valence-electron chi connectivity index (χ4n) is 3.25. The Morgan fingerprint density at radius 2 is 2.04 bits per heavy atom. The fourth-order valence-corrected chi connectivity index (χ4v) is 3.25. The van der Waals surface area contributed by atoms with Gasteiger partial charge in [0.05, 0.1) is 19.9 Å². The van der Waals surface area contributed by atoms with Crippen LogP contribution in [0, 0.1) is 0 Å². The van der Waals surface area contributed by atoms with Gasteiger partial charge in [0.1, 0.15) is 17.3 Å². The maximum Gasteiger partial charge on any atom is 0.251 e. The predicted octanol–water partition coefficient (Wildman–Crippen LogP) is 4.46. The van der Waals surface area contributed by atoms with Crippen molar-refractivity contribution in [3.05, 3.63) is 53.7 Å². The van der Waals surface area contributed by atoms with Crippen molar-refractivity contribution in [3.8, 4) is 11.5 Å².